The molecule has 2 aromatic carbocycles. The smallest absolute Gasteiger partial charge is 0.227 e. The molecule has 0 spiro atoms. The normalized spacial score (nSPS) is 17.9. The Kier molecular flexibility index (Phi) is 5.57. The molecule has 2 aliphatic heterocycles. The fourth-order valence-corrected chi connectivity index (χ4v) is 4.27. The number of nitrogens with zero attached hydrogens (tertiary/aromatic N) is 2. The summed E-state index contributed by atoms with van der Waals surface area (Å²) in [5, 5.41) is 2.98. The first kappa shape index (κ1) is 20.1. The van der Waals surface area contributed by atoms with E-state index in [1.54, 1.807) is 4.90 Å². The van der Waals surface area contributed by atoms with Gasteiger partial charge in [-0.05, 0) is 48.2 Å². The lowest BCUT2D eigenvalue weighted by Crippen LogP contribution is -2.32. The maximum atomic E-state index is 12.7. The second-order valence-electron chi connectivity index (χ2n) is 8.01. The summed E-state index contributed by atoms with van der Waals surface area (Å²) in [4.78, 5) is 40.9. The molecular formula is C24H27N3O3. The van der Waals surface area contributed by atoms with Gasteiger partial charge >= 0.3 is 0 Å². The largest absolute Gasteiger partial charge is 0.352 e. The van der Waals surface area contributed by atoms with Crippen molar-refractivity contribution in [1.82, 2.24) is 5.32 Å². The van der Waals surface area contributed by atoms with Gasteiger partial charge in [0, 0.05) is 43.9 Å². The van der Waals surface area contributed by atoms with Crippen LogP contribution in [0.1, 0.15) is 36.5 Å². The van der Waals surface area contributed by atoms with Gasteiger partial charge in [0.05, 0.1) is 5.92 Å². The minimum Gasteiger partial charge on any atom is -0.352 e. The number of rotatable bonds is 5. The molecule has 30 heavy (non-hydrogen) atoms. The van der Waals surface area contributed by atoms with Crippen molar-refractivity contribution in [2.24, 2.45) is 5.92 Å². The van der Waals surface area contributed by atoms with Crippen molar-refractivity contribution < 1.29 is 14.4 Å². The SMILES string of the molecule is CCC(=O)N1CCc2cc(N3C[C@H](C(=O)NCc4ccccc4C)CC3=O)ccc21. The summed E-state index contributed by atoms with van der Waals surface area (Å²) >= 11 is 0. The van der Waals surface area contributed by atoms with Gasteiger partial charge < -0.3 is 15.1 Å². The van der Waals surface area contributed by atoms with Crippen LogP contribution in [-0.2, 0) is 27.3 Å². The fourth-order valence-electron chi connectivity index (χ4n) is 4.27. The van der Waals surface area contributed by atoms with Crippen LogP contribution in [0, 0.1) is 12.8 Å². The summed E-state index contributed by atoms with van der Waals surface area (Å²) in [6.07, 6.45) is 1.49. The Hall–Kier alpha value is -3.15. The molecule has 6 nitrogen and oxygen atoms in total. The lowest BCUT2D eigenvalue weighted by molar-refractivity contribution is -0.126. The van der Waals surface area contributed by atoms with Crippen LogP contribution in [0.3, 0.4) is 0 Å². The average Bonchev–Trinajstić information content (AvgIpc) is 3.35. The van der Waals surface area contributed by atoms with Crippen molar-refractivity contribution in [1.29, 1.82) is 0 Å². The molecule has 156 valence electrons. The highest BCUT2D eigenvalue weighted by Crippen LogP contribution is 2.34. The molecule has 4 rings (SSSR count). The van der Waals surface area contributed by atoms with Crippen LogP contribution >= 0.6 is 0 Å². The lowest BCUT2D eigenvalue weighted by Gasteiger charge is -2.20. The minimum absolute atomic E-state index is 0.0366. The van der Waals surface area contributed by atoms with Gasteiger partial charge in [-0.25, -0.2) is 0 Å². The highest BCUT2D eigenvalue weighted by atomic mass is 16.2. The number of benzene rings is 2. The van der Waals surface area contributed by atoms with Gasteiger partial charge in [0.25, 0.3) is 0 Å². The van der Waals surface area contributed by atoms with Gasteiger partial charge in [0.15, 0.2) is 0 Å². The Morgan fingerprint density at radius 1 is 1.17 bits per heavy atom. The summed E-state index contributed by atoms with van der Waals surface area (Å²) in [5.41, 5.74) is 5.03. The number of aryl methyl sites for hydroxylation is 1. The number of carbonyl (C=O) groups excluding carboxylic acids is 3. The first-order valence-electron chi connectivity index (χ1n) is 10.5. The third-order valence-electron chi connectivity index (χ3n) is 6.08. The van der Waals surface area contributed by atoms with E-state index in [-0.39, 0.29) is 30.1 Å². The van der Waals surface area contributed by atoms with Crippen molar-refractivity contribution in [3.63, 3.8) is 0 Å². The molecule has 1 atom stereocenters. The number of hydrogen-bond donors (Lipinski definition) is 1. The van der Waals surface area contributed by atoms with Crippen molar-refractivity contribution in [3.05, 3.63) is 59.2 Å². The van der Waals surface area contributed by atoms with Gasteiger partial charge in [-0.2, -0.15) is 0 Å². The van der Waals surface area contributed by atoms with Gasteiger partial charge in [0.1, 0.15) is 0 Å². The molecule has 2 aromatic rings. The summed E-state index contributed by atoms with van der Waals surface area (Å²) in [5.74, 6) is -0.363. The van der Waals surface area contributed by atoms with Crippen molar-refractivity contribution >= 4 is 29.1 Å². The Morgan fingerprint density at radius 2 is 1.97 bits per heavy atom. The number of anilines is 2. The zero-order chi connectivity index (χ0) is 21.3. The lowest BCUT2D eigenvalue weighted by atomic mass is 10.1. The predicted octanol–water partition coefficient (Wildman–Crippen LogP) is 2.96. The monoisotopic (exact) mass is 405 g/mol. The van der Waals surface area contributed by atoms with E-state index in [1.165, 1.54) is 0 Å². The molecule has 0 saturated carbocycles. The zero-order valence-electron chi connectivity index (χ0n) is 17.5. The molecule has 0 bridgehead atoms. The molecule has 2 aliphatic rings. The minimum atomic E-state index is -0.354. The summed E-state index contributed by atoms with van der Waals surface area (Å²) < 4.78 is 0. The molecule has 2 heterocycles. The fraction of sp³-hybridized carbons (Fsp3) is 0.375. The number of carbonyl (C=O) groups is 3. The van der Waals surface area contributed by atoms with E-state index in [9.17, 15) is 14.4 Å². The van der Waals surface area contributed by atoms with E-state index >= 15 is 0 Å². The van der Waals surface area contributed by atoms with Crippen LogP contribution in [-0.4, -0.2) is 30.8 Å². The van der Waals surface area contributed by atoms with E-state index in [0.29, 0.717) is 26.1 Å². The molecule has 0 aromatic heterocycles. The second kappa shape index (κ2) is 8.30. The van der Waals surface area contributed by atoms with E-state index in [4.69, 9.17) is 0 Å². The topological polar surface area (TPSA) is 69.7 Å². The molecule has 0 radical (unpaired) electrons. The zero-order valence-corrected chi connectivity index (χ0v) is 17.5. The van der Waals surface area contributed by atoms with Crippen LogP contribution < -0.4 is 15.1 Å². The van der Waals surface area contributed by atoms with E-state index in [0.717, 1.165) is 34.5 Å². The molecular weight excluding hydrogens is 378 g/mol. The Morgan fingerprint density at radius 3 is 2.73 bits per heavy atom. The molecule has 1 saturated heterocycles. The Labute approximate surface area is 176 Å². The van der Waals surface area contributed by atoms with E-state index in [1.807, 2.05) is 61.2 Å². The van der Waals surface area contributed by atoms with Gasteiger partial charge in [-0.3, -0.25) is 14.4 Å². The number of hydrogen-bond acceptors (Lipinski definition) is 3. The summed E-state index contributed by atoms with van der Waals surface area (Å²) in [6.45, 7) is 5.42. The van der Waals surface area contributed by atoms with Gasteiger partial charge in [0.2, 0.25) is 17.7 Å². The maximum Gasteiger partial charge on any atom is 0.227 e. The van der Waals surface area contributed by atoms with Crippen LogP contribution in [0.2, 0.25) is 0 Å². The predicted molar refractivity (Wildman–Crippen MR) is 116 cm³/mol. The van der Waals surface area contributed by atoms with Crippen LogP contribution in [0.4, 0.5) is 11.4 Å². The number of amides is 3. The van der Waals surface area contributed by atoms with E-state index < -0.39 is 0 Å². The summed E-state index contributed by atoms with van der Waals surface area (Å²) in [6, 6.07) is 13.7. The average molecular weight is 405 g/mol. The molecule has 0 aliphatic carbocycles. The molecule has 0 unspecified atom stereocenters. The van der Waals surface area contributed by atoms with Crippen molar-refractivity contribution in [3.8, 4) is 0 Å². The third kappa shape index (κ3) is 3.82. The number of fused-ring (bicyclic) bond motifs is 1. The van der Waals surface area contributed by atoms with Gasteiger partial charge in [-0.1, -0.05) is 31.2 Å². The van der Waals surface area contributed by atoms with Crippen LogP contribution in [0.25, 0.3) is 0 Å². The maximum absolute atomic E-state index is 12.7. The number of nitrogens with one attached hydrogen (secondary N) is 1. The first-order chi connectivity index (χ1) is 14.5. The second-order valence-corrected chi connectivity index (χ2v) is 8.01. The summed E-state index contributed by atoms with van der Waals surface area (Å²) in [7, 11) is 0. The quantitative estimate of drug-likeness (QED) is 0.832. The van der Waals surface area contributed by atoms with Crippen LogP contribution in [0.15, 0.2) is 42.5 Å². The van der Waals surface area contributed by atoms with Crippen molar-refractivity contribution in [2.45, 2.75) is 39.7 Å². The highest BCUT2D eigenvalue weighted by Gasteiger charge is 2.35. The third-order valence-corrected chi connectivity index (χ3v) is 6.08. The molecule has 3 amide bonds. The standard InChI is InChI=1S/C24H27N3O3/c1-3-22(28)26-11-10-17-12-20(8-9-21(17)26)27-15-19(13-23(27)29)24(30)25-14-18-7-5-4-6-16(18)2/h4-9,12,19H,3,10-11,13-15H2,1-2H3,(H,25,30)/t19-/m1/s1. The van der Waals surface area contributed by atoms with E-state index in [2.05, 4.69) is 5.32 Å². The molecule has 1 fully saturated rings. The van der Waals surface area contributed by atoms with Crippen molar-refractivity contribution in [2.75, 3.05) is 22.9 Å². The Balaban J connectivity index is 1.42. The van der Waals surface area contributed by atoms with Gasteiger partial charge in [-0.15, -0.1) is 0 Å². The van der Waals surface area contributed by atoms with Crippen LogP contribution in [0.5, 0.6) is 0 Å². The Bertz CT molecular complexity index is 1000. The molecule has 1 N–H and O–H groups in total. The first-order valence-corrected chi connectivity index (χ1v) is 10.5. The molecule has 6 heteroatoms. The highest BCUT2D eigenvalue weighted by molar-refractivity contribution is 6.01.